The first-order chi connectivity index (χ1) is 12.8. The number of carbonyl (C=O) groups is 1. The summed E-state index contributed by atoms with van der Waals surface area (Å²) in [6.45, 7) is 4.41. The lowest BCUT2D eigenvalue weighted by Crippen LogP contribution is -2.07. The normalized spacial score (nSPS) is 11.0. The summed E-state index contributed by atoms with van der Waals surface area (Å²) >= 11 is 0. The summed E-state index contributed by atoms with van der Waals surface area (Å²) in [6.07, 6.45) is 25.1. The maximum atomic E-state index is 11.5. The highest BCUT2D eigenvalue weighted by Crippen LogP contribution is 2.14. The summed E-state index contributed by atoms with van der Waals surface area (Å²) in [5.41, 5.74) is 0. The van der Waals surface area contributed by atoms with E-state index in [1.54, 1.807) is 0 Å². The minimum absolute atomic E-state index is 0.0118. The molecule has 0 aliphatic carbocycles. The van der Waals surface area contributed by atoms with Crippen molar-refractivity contribution in [1.29, 1.82) is 0 Å². The molecule has 0 aromatic carbocycles. The van der Waals surface area contributed by atoms with Crippen LogP contribution < -0.4 is 0 Å². The Kier molecular flexibility index (Phi) is 22.5. The average Bonchev–Trinajstić information content (AvgIpc) is 2.64. The van der Waals surface area contributed by atoms with E-state index in [1.165, 1.54) is 103 Å². The van der Waals surface area contributed by atoms with Gasteiger partial charge in [-0.3, -0.25) is 4.79 Å². The quantitative estimate of drug-likeness (QED) is 0.148. The fraction of sp³-hybridized carbons (Fsp3) is 0.957. The molecule has 3 heteroatoms. The number of rotatable bonds is 21. The van der Waals surface area contributed by atoms with Crippen LogP contribution in [0.3, 0.4) is 0 Å². The molecule has 26 heavy (non-hydrogen) atoms. The summed E-state index contributed by atoms with van der Waals surface area (Å²) in [5.74, 6) is 0.0118. The summed E-state index contributed by atoms with van der Waals surface area (Å²) in [7, 11) is 0.374. The Morgan fingerprint density at radius 1 is 0.577 bits per heavy atom. The van der Waals surface area contributed by atoms with Gasteiger partial charge in [0.2, 0.25) is 0 Å². The van der Waals surface area contributed by atoms with Gasteiger partial charge in [-0.05, 0) is 12.5 Å². The molecule has 154 valence electrons. The van der Waals surface area contributed by atoms with Crippen LogP contribution in [0.25, 0.3) is 0 Å². The second kappa shape index (κ2) is 22.7. The zero-order valence-electron chi connectivity index (χ0n) is 18.0. The van der Waals surface area contributed by atoms with Gasteiger partial charge in [-0.15, -0.1) is 0 Å². The molecule has 0 rings (SSSR count). The molecular weight excluding hydrogens is 336 g/mol. The van der Waals surface area contributed by atoms with Crippen molar-refractivity contribution in [1.82, 2.24) is 0 Å². The lowest BCUT2D eigenvalue weighted by atomic mass is 10.0. The first kappa shape index (κ1) is 25.7. The van der Waals surface area contributed by atoms with Crippen molar-refractivity contribution < 1.29 is 9.22 Å². The van der Waals surface area contributed by atoms with E-state index < -0.39 is 0 Å². The number of hydrogen-bond donors (Lipinski definition) is 0. The number of hydrogen-bond acceptors (Lipinski definition) is 2. The Morgan fingerprint density at radius 3 is 1.35 bits per heavy atom. The van der Waals surface area contributed by atoms with Crippen LogP contribution in [-0.4, -0.2) is 15.7 Å². The van der Waals surface area contributed by atoms with Crippen molar-refractivity contribution in [2.75, 3.05) is 0 Å². The zero-order valence-corrected chi connectivity index (χ0v) is 19.0. The van der Waals surface area contributed by atoms with Crippen LogP contribution in [0, 0.1) is 0 Å². The van der Waals surface area contributed by atoms with Gasteiger partial charge in [0.05, 0.1) is 0 Å². The molecule has 0 atom stereocenters. The van der Waals surface area contributed by atoms with E-state index in [-0.39, 0.29) is 5.97 Å². The van der Waals surface area contributed by atoms with Crippen molar-refractivity contribution >= 4 is 15.7 Å². The molecule has 0 amide bonds. The predicted octanol–water partition coefficient (Wildman–Crippen LogP) is 8.02. The van der Waals surface area contributed by atoms with Gasteiger partial charge in [0.1, 0.15) is 0 Å². The van der Waals surface area contributed by atoms with Crippen LogP contribution in [-0.2, 0) is 9.22 Å². The molecule has 0 unspecified atom stereocenters. The van der Waals surface area contributed by atoms with E-state index in [0.717, 1.165) is 18.9 Å². The Balaban J connectivity index is 3.06. The van der Waals surface area contributed by atoms with Crippen molar-refractivity contribution in [2.45, 2.75) is 142 Å². The highest BCUT2D eigenvalue weighted by Gasteiger charge is 2.02. The van der Waals surface area contributed by atoms with Gasteiger partial charge < -0.3 is 4.43 Å². The molecule has 0 aliphatic rings. The molecular formula is C23H46O2Si. The summed E-state index contributed by atoms with van der Waals surface area (Å²) < 4.78 is 5.20. The first-order valence-electron chi connectivity index (χ1n) is 11.7. The van der Waals surface area contributed by atoms with Crippen molar-refractivity contribution in [2.24, 2.45) is 0 Å². The molecule has 0 N–H and O–H groups in total. The Labute approximate surface area is 167 Å². The monoisotopic (exact) mass is 382 g/mol. The number of carbonyl (C=O) groups excluding carboxylic acids is 1. The minimum atomic E-state index is 0.0118. The van der Waals surface area contributed by atoms with Gasteiger partial charge in [0.25, 0.3) is 5.97 Å². The maximum absolute atomic E-state index is 11.5. The third-order valence-electron chi connectivity index (χ3n) is 5.02. The van der Waals surface area contributed by atoms with Crippen LogP contribution in [0.5, 0.6) is 0 Å². The fourth-order valence-electron chi connectivity index (χ4n) is 3.28. The van der Waals surface area contributed by atoms with E-state index in [2.05, 4.69) is 13.8 Å². The Bertz CT molecular complexity index is 281. The van der Waals surface area contributed by atoms with E-state index in [4.69, 9.17) is 4.43 Å². The molecule has 0 saturated heterocycles. The minimum Gasteiger partial charge on any atom is -0.516 e. The van der Waals surface area contributed by atoms with Crippen molar-refractivity contribution in [3.05, 3.63) is 0 Å². The summed E-state index contributed by atoms with van der Waals surface area (Å²) in [6, 6.07) is 1.02. The van der Waals surface area contributed by atoms with Gasteiger partial charge in [0.15, 0.2) is 0 Å². The topological polar surface area (TPSA) is 26.3 Å². The standard InChI is InChI=1S/C23H46O2Si/c1-3-5-6-7-8-9-10-11-12-13-14-15-16-17-18-19-20-21-23(24)25-26-22-4-2/h3-22H2,1-2H3. The smallest absolute Gasteiger partial charge is 0.314 e. The average molecular weight is 383 g/mol. The second-order valence-electron chi connectivity index (χ2n) is 7.78. The SMILES string of the molecule is CCCCCCCCCCCCCCCCCCCC(=O)O[Si]CCC. The predicted molar refractivity (Wildman–Crippen MR) is 116 cm³/mol. The van der Waals surface area contributed by atoms with Gasteiger partial charge in [-0.25, -0.2) is 0 Å². The van der Waals surface area contributed by atoms with E-state index in [1.807, 2.05) is 0 Å². The molecule has 0 bridgehead atoms. The third-order valence-corrected chi connectivity index (χ3v) is 6.10. The molecule has 2 nitrogen and oxygen atoms in total. The van der Waals surface area contributed by atoms with Gasteiger partial charge in [0, 0.05) is 6.42 Å². The van der Waals surface area contributed by atoms with Crippen LogP contribution in [0.1, 0.15) is 136 Å². The van der Waals surface area contributed by atoms with Gasteiger partial charge in [-0.2, -0.15) is 0 Å². The Morgan fingerprint density at radius 2 is 0.962 bits per heavy atom. The molecule has 0 heterocycles. The number of unbranched alkanes of at least 4 members (excludes halogenated alkanes) is 16. The van der Waals surface area contributed by atoms with Crippen LogP contribution >= 0.6 is 0 Å². The highest BCUT2D eigenvalue weighted by atomic mass is 28.2. The van der Waals surface area contributed by atoms with Gasteiger partial charge >= 0.3 is 9.76 Å². The van der Waals surface area contributed by atoms with Gasteiger partial charge in [-0.1, -0.05) is 123 Å². The maximum Gasteiger partial charge on any atom is 0.314 e. The third kappa shape index (κ3) is 21.7. The van der Waals surface area contributed by atoms with E-state index >= 15 is 0 Å². The molecule has 2 radical (unpaired) electrons. The molecule has 0 aliphatic heterocycles. The Hall–Kier alpha value is -0.313. The highest BCUT2D eigenvalue weighted by molar-refractivity contribution is 6.30. The van der Waals surface area contributed by atoms with Crippen molar-refractivity contribution in [3.63, 3.8) is 0 Å². The molecule has 0 aromatic rings. The zero-order chi connectivity index (χ0) is 19.1. The molecule has 0 fully saturated rings. The van der Waals surface area contributed by atoms with Crippen LogP contribution in [0.4, 0.5) is 0 Å². The largest absolute Gasteiger partial charge is 0.516 e. The summed E-state index contributed by atoms with van der Waals surface area (Å²) in [5, 5.41) is 0. The van der Waals surface area contributed by atoms with E-state index in [0.29, 0.717) is 16.2 Å². The second-order valence-corrected chi connectivity index (χ2v) is 8.77. The fourth-order valence-corrected chi connectivity index (χ4v) is 3.85. The molecule has 0 saturated carbocycles. The van der Waals surface area contributed by atoms with E-state index in [9.17, 15) is 4.79 Å². The molecule has 0 spiro atoms. The van der Waals surface area contributed by atoms with Crippen LogP contribution in [0.2, 0.25) is 6.04 Å². The van der Waals surface area contributed by atoms with Crippen LogP contribution in [0.15, 0.2) is 0 Å². The first-order valence-corrected chi connectivity index (χ1v) is 12.8. The molecule has 0 aromatic heterocycles. The summed E-state index contributed by atoms with van der Waals surface area (Å²) in [4.78, 5) is 11.5. The van der Waals surface area contributed by atoms with Crippen molar-refractivity contribution in [3.8, 4) is 0 Å². The lowest BCUT2D eigenvalue weighted by molar-refractivity contribution is -0.134. The lowest BCUT2D eigenvalue weighted by Gasteiger charge is -2.04.